The molecule has 26 heavy (non-hydrogen) atoms. The molecule has 1 heterocycles. The van der Waals surface area contributed by atoms with Crippen LogP contribution in [0.3, 0.4) is 0 Å². The lowest BCUT2D eigenvalue weighted by molar-refractivity contribution is -0.00661. The molecule has 0 bridgehead atoms. The number of carbonyl (C=O) groups is 1. The summed E-state index contributed by atoms with van der Waals surface area (Å²) in [6, 6.07) is 6.17. The van der Waals surface area contributed by atoms with Crippen molar-refractivity contribution in [1.29, 1.82) is 0 Å². The summed E-state index contributed by atoms with van der Waals surface area (Å²) in [6.07, 6.45) is 2.97. The molecule has 5 nitrogen and oxygen atoms in total. The van der Waals surface area contributed by atoms with Crippen LogP contribution in [0.5, 0.6) is 0 Å². The number of aliphatic hydroxyl groups excluding tert-OH is 1. The number of rotatable bonds is 10. The van der Waals surface area contributed by atoms with Gasteiger partial charge in [0, 0.05) is 43.5 Å². The zero-order valence-corrected chi connectivity index (χ0v) is 16.4. The maximum absolute atomic E-state index is 12.2. The Bertz CT molecular complexity index is 565. The molecule has 0 aliphatic carbocycles. The van der Waals surface area contributed by atoms with Crippen molar-refractivity contribution >= 4 is 11.5 Å². The molecule has 0 saturated carbocycles. The predicted molar refractivity (Wildman–Crippen MR) is 104 cm³/mol. The van der Waals surface area contributed by atoms with Crippen molar-refractivity contribution in [3.05, 3.63) is 29.3 Å². The number of ketones is 1. The quantitative estimate of drug-likeness (QED) is 0.511. The molecule has 1 aromatic rings. The van der Waals surface area contributed by atoms with Crippen molar-refractivity contribution in [2.45, 2.75) is 46.1 Å². The van der Waals surface area contributed by atoms with Crippen molar-refractivity contribution in [3.8, 4) is 0 Å². The second-order valence-electron chi connectivity index (χ2n) is 7.26. The van der Waals surface area contributed by atoms with Crippen LogP contribution >= 0.6 is 0 Å². The second-order valence-corrected chi connectivity index (χ2v) is 7.26. The summed E-state index contributed by atoms with van der Waals surface area (Å²) < 4.78 is 11.3. The van der Waals surface area contributed by atoms with Crippen molar-refractivity contribution in [2.24, 2.45) is 5.92 Å². The smallest absolute Gasteiger partial charge is 0.165 e. The van der Waals surface area contributed by atoms with Gasteiger partial charge in [0.1, 0.15) is 0 Å². The molecule has 1 aliphatic rings. The van der Waals surface area contributed by atoms with Crippen LogP contribution in [-0.4, -0.2) is 56.5 Å². The van der Waals surface area contributed by atoms with Gasteiger partial charge in [-0.1, -0.05) is 13.8 Å². The van der Waals surface area contributed by atoms with Gasteiger partial charge in [-0.15, -0.1) is 0 Å². The normalized spacial score (nSPS) is 15.7. The van der Waals surface area contributed by atoms with Gasteiger partial charge in [0.2, 0.25) is 0 Å². The van der Waals surface area contributed by atoms with Gasteiger partial charge in [-0.3, -0.25) is 4.79 Å². The fraction of sp³-hybridized carbons (Fsp3) is 0.667. The number of piperidine rings is 1. The second kappa shape index (κ2) is 10.7. The molecule has 2 rings (SSSR count). The molecule has 5 heteroatoms. The lowest BCUT2D eigenvalue weighted by Gasteiger charge is -2.34. The third-order valence-electron chi connectivity index (χ3n) is 4.83. The number of nitrogens with zero attached hydrogens (tertiary/aromatic N) is 1. The first kappa shape index (κ1) is 20.9. The average Bonchev–Trinajstić information content (AvgIpc) is 2.64. The van der Waals surface area contributed by atoms with Gasteiger partial charge in [-0.2, -0.15) is 0 Å². The van der Waals surface area contributed by atoms with Crippen LogP contribution in [-0.2, 0) is 9.47 Å². The Morgan fingerprint density at radius 1 is 1.23 bits per heavy atom. The van der Waals surface area contributed by atoms with Gasteiger partial charge < -0.3 is 19.5 Å². The SMILES string of the molecule is Cc1cc(N2CCC(OCCOCCCO)CC2)ccc1C(=O)C(C)C. The summed E-state index contributed by atoms with van der Waals surface area (Å²) in [5.41, 5.74) is 3.08. The lowest BCUT2D eigenvalue weighted by atomic mass is 9.96. The lowest BCUT2D eigenvalue weighted by Crippen LogP contribution is -2.37. The number of aryl methyl sites for hydroxylation is 1. The highest BCUT2D eigenvalue weighted by Gasteiger charge is 2.21. The Kier molecular flexibility index (Phi) is 8.55. The Morgan fingerprint density at radius 2 is 1.96 bits per heavy atom. The number of carbonyl (C=O) groups excluding carboxylic acids is 1. The Balaban J connectivity index is 1.77. The zero-order chi connectivity index (χ0) is 18.9. The van der Waals surface area contributed by atoms with E-state index in [9.17, 15) is 4.79 Å². The van der Waals surface area contributed by atoms with Gasteiger partial charge >= 0.3 is 0 Å². The van der Waals surface area contributed by atoms with E-state index in [0.717, 1.165) is 37.1 Å². The van der Waals surface area contributed by atoms with Crippen molar-refractivity contribution in [3.63, 3.8) is 0 Å². The predicted octanol–water partition coefficient (Wildman–Crippen LogP) is 3.22. The first-order valence-corrected chi connectivity index (χ1v) is 9.73. The van der Waals surface area contributed by atoms with E-state index in [0.29, 0.717) is 26.2 Å². The number of ether oxygens (including phenoxy) is 2. The Labute approximate surface area is 157 Å². The maximum Gasteiger partial charge on any atom is 0.165 e. The van der Waals surface area contributed by atoms with Crippen LogP contribution in [0.1, 0.15) is 49.0 Å². The fourth-order valence-electron chi connectivity index (χ4n) is 3.26. The number of benzene rings is 1. The highest BCUT2D eigenvalue weighted by Crippen LogP contribution is 2.25. The molecule has 0 amide bonds. The molecule has 0 unspecified atom stereocenters. The zero-order valence-electron chi connectivity index (χ0n) is 16.4. The molecular weight excluding hydrogens is 330 g/mol. The van der Waals surface area contributed by atoms with Crippen LogP contribution < -0.4 is 4.90 Å². The molecule has 1 aromatic carbocycles. The number of hydrogen-bond acceptors (Lipinski definition) is 5. The average molecular weight is 363 g/mol. The number of hydrogen-bond donors (Lipinski definition) is 1. The van der Waals surface area contributed by atoms with Crippen LogP contribution in [0.2, 0.25) is 0 Å². The Morgan fingerprint density at radius 3 is 2.58 bits per heavy atom. The van der Waals surface area contributed by atoms with Gasteiger partial charge in [-0.05, 0) is 49.9 Å². The van der Waals surface area contributed by atoms with E-state index >= 15 is 0 Å². The minimum atomic E-state index is 0.0278. The van der Waals surface area contributed by atoms with E-state index in [2.05, 4.69) is 17.0 Å². The van der Waals surface area contributed by atoms with E-state index in [1.54, 1.807) is 0 Å². The summed E-state index contributed by atoms with van der Waals surface area (Å²) in [5.74, 6) is 0.238. The van der Waals surface area contributed by atoms with Crippen molar-refractivity contribution < 1.29 is 19.4 Å². The minimum absolute atomic E-state index is 0.0278. The van der Waals surface area contributed by atoms with E-state index < -0.39 is 0 Å². The number of anilines is 1. The first-order chi connectivity index (χ1) is 12.5. The number of Topliss-reactive ketones (excluding diaryl/α,β-unsaturated/α-hetero) is 1. The van der Waals surface area contributed by atoms with Gasteiger partial charge in [-0.25, -0.2) is 0 Å². The molecule has 0 atom stereocenters. The third kappa shape index (κ3) is 6.08. The van der Waals surface area contributed by atoms with Crippen LogP contribution in [0, 0.1) is 12.8 Å². The molecule has 146 valence electrons. The van der Waals surface area contributed by atoms with Crippen molar-refractivity contribution in [2.75, 3.05) is 44.4 Å². The molecule has 1 aliphatic heterocycles. The van der Waals surface area contributed by atoms with Gasteiger partial charge in [0.25, 0.3) is 0 Å². The summed E-state index contributed by atoms with van der Waals surface area (Å²) in [4.78, 5) is 14.6. The summed E-state index contributed by atoms with van der Waals surface area (Å²) in [5, 5.41) is 8.70. The van der Waals surface area contributed by atoms with Crippen LogP contribution in [0.4, 0.5) is 5.69 Å². The molecule has 1 N–H and O–H groups in total. The van der Waals surface area contributed by atoms with E-state index in [4.69, 9.17) is 14.6 Å². The molecule has 1 saturated heterocycles. The molecule has 0 aromatic heterocycles. The molecular formula is C21H33NO4. The standard InChI is InChI=1S/C21H33NO4/c1-16(2)21(24)20-6-5-18(15-17(20)3)22-9-7-19(8-10-22)26-14-13-25-12-4-11-23/h5-6,15-16,19,23H,4,7-14H2,1-3H3. The largest absolute Gasteiger partial charge is 0.396 e. The van der Waals surface area contributed by atoms with E-state index in [-0.39, 0.29) is 24.4 Å². The minimum Gasteiger partial charge on any atom is -0.396 e. The monoisotopic (exact) mass is 363 g/mol. The number of aliphatic hydroxyl groups is 1. The van der Waals surface area contributed by atoms with Crippen LogP contribution in [0.25, 0.3) is 0 Å². The fourth-order valence-corrected chi connectivity index (χ4v) is 3.26. The first-order valence-electron chi connectivity index (χ1n) is 9.73. The topological polar surface area (TPSA) is 59.0 Å². The van der Waals surface area contributed by atoms with Gasteiger partial charge in [0.15, 0.2) is 5.78 Å². The summed E-state index contributed by atoms with van der Waals surface area (Å²) >= 11 is 0. The highest BCUT2D eigenvalue weighted by molar-refractivity contribution is 5.99. The molecule has 0 radical (unpaired) electrons. The Hall–Kier alpha value is -1.43. The van der Waals surface area contributed by atoms with Gasteiger partial charge in [0.05, 0.1) is 19.3 Å². The summed E-state index contributed by atoms with van der Waals surface area (Å²) in [7, 11) is 0. The molecule has 0 spiro atoms. The summed E-state index contributed by atoms with van der Waals surface area (Å²) in [6.45, 7) is 9.80. The van der Waals surface area contributed by atoms with Crippen molar-refractivity contribution in [1.82, 2.24) is 0 Å². The van der Waals surface area contributed by atoms with E-state index in [1.165, 1.54) is 5.69 Å². The maximum atomic E-state index is 12.2. The van der Waals surface area contributed by atoms with E-state index in [1.807, 2.05) is 26.8 Å². The molecule has 1 fully saturated rings. The van der Waals surface area contributed by atoms with Crippen LogP contribution in [0.15, 0.2) is 18.2 Å². The highest BCUT2D eigenvalue weighted by atomic mass is 16.5. The third-order valence-corrected chi connectivity index (χ3v) is 4.83.